The third kappa shape index (κ3) is 2.74. The van der Waals surface area contributed by atoms with Gasteiger partial charge in [-0.3, -0.25) is 4.79 Å². The lowest BCUT2D eigenvalue weighted by molar-refractivity contribution is -0.131. The molecule has 4 N–H and O–H groups in total. The van der Waals surface area contributed by atoms with Gasteiger partial charge in [0, 0.05) is 0 Å². The molecule has 0 aliphatic rings. The van der Waals surface area contributed by atoms with Gasteiger partial charge in [-0.2, -0.15) is 0 Å². The van der Waals surface area contributed by atoms with Crippen molar-refractivity contribution in [2.45, 2.75) is 12.2 Å². The van der Waals surface area contributed by atoms with E-state index in [1.165, 1.54) is 12.1 Å². The quantitative estimate of drug-likeness (QED) is 0.751. The number of benzene rings is 1. The first kappa shape index (κ1) is 12.1. The largest absolute Gasteiger partial charge is 0.385 e. The van der Waals surface area contributed by atoms with Gasteiger partial charge < -0.3 is 15.9 Å². The normalized spacial score (nSPS) is 14.7. The number of hydrogen-bond acceptors (Lipinski definition) is 3. The van der Waals surface area contributed by atoms with E-state index >= 15 is 0 Å². The fourth-order valence-corrected chi connectivity index (χ4v) is 1.28. The highest BCUT2D eigenvalue weighted by Crippen LogP contribution is 2.22. The van der Waals surface area contributed by atoms with Crippen LogP contribution in [0.4, 0.5) is 4.39 Å². The number of amides is 1. The highest BCUT2D eigenvalue weighted by molar-refractivity contribution is 9.10. The minimum absolute atomic E-state index is 0.0852. The Kier molecular flexibility index (Phi) is 3.78. The van der Waals surface area contributed by atoms with Crippen molar-refractivity contribution in [3.05, 3.63) is 34.1 Å². The molecule has 1 rings (SSSR count). The van der Waals surface area contributed by atoms with Crippen LogP contribution in [-0.2, 0) is 4.79 Å². The van der Waals surface area contributed by atoms with Gasteiger partial charge in [-0.15, -0.1) is 0 Å². The van der Waals surface area contributed by atoms with Gasteiger partial charge in [0.25, 0.3) is 0 Å². The molecule has 2 atom stereocenters. The number of nitrogens with two attached hydrogens (primary N) is 1. The van der Waals surface area contributed by atoms with E-state index in [0.29, 0.717) is 0 Å². The van der Waals surface area contributed by atoms with Gasteiger partial charge in [0.1, 0.15) is 11.9 Å². The van der Waals surface area contributed by atoms with Crippen molar-refractivity contribution >= 4 is 21.8 Å². The summed E-state index contributed by atoms with van der Waals surface area (Å²) in [5, 5.41) is 18.6. The van der Waals surface area contributed by atoms with E-state index in [1.807, 2.05) is 0 Å². The third-order valence-electron chi connectivity index (χ3n) is 1.88. The van der Waals surface area contributed by atoms with Gasteiger partial charge >= 0.3 is 0 Å². The van der Waals surface area contributed by atoms with Gasteiger partial charge in [0.2, 0.25) is 5.91 Å². The molecule has 0 aliphatic heterocycles. The van der Waals surface area contributed by atoms with E-state index in [9.17, 15) is 14.3 Å². The summed E-state index contributed by atoms with van der Waals surface area (Å²) in [5.41, 5.74) is 4.88. The monoisotopic (exact) mass is 277 g/mol. The van der Waals surface area contributed by atoms with Crippen LogP contribution >= 0.6 is 15.9 Å². The van der Waals surface area contributed by atoms with Crippen LogP contribution in [0.25, 0.3) is 0 Å². The Labute approximate surface area is 93.6 Å². The Bertz CT molecular complexity index is 386. The summed E-state index contributed by atoms with van der Waals surface area (Å²) in [6.07, 6.45) is -3.27. The summed E-state index contributed by atoms with van der Waals surface area (Å²) >= 11 is 2.93. The number of rotatable bonds is 3. The standard InChI is InChI=1S/C9H9BrFNO3/c10-5-2-1-4(3-6(5)11)7(13)8(14)9(12)15/h1-3,7-8,13-14H,(H2,12,15). The molecule has 1 aromatic carbocycles. The summed E-state index contributed by atoms with van der Waals surface area (Å²) < 4.78 is 13.3. The van der Waals surface area contributed by atoms with Crippen molar-refractivity contribution < 1.29 is 19.4 Å². The molecule has 0 radical (unpaired) electrons. The highest BCUT2D eigenvalue weighted by atomic mass is 79.9. The van der Waals surface area contributed by atoms with E-state index in [-0.39, 0.29) is 10.0 Å². The van der Waals surface area contributed by atoms with Crippen molar-refractivity contribution in [3.8, 4) is 0 Å². The Morgan fingerprint density at radius 2 is 2.07 bits per heavy atom. The van der Waals surface area contributed by atoms with Crippen LogP contribution in [-0.4, -0.2) is 22.2 Å². The Morgan fingerprint density at radius 1 is 1.47 bits per heavy atom. The van der Waals surface area contributed by atoms with E-state index in [0.717, 1.165) is 6.07 Å². The third-order valence-corrected chi connectivity index (χ3v) is 2.52. The molecule has 0 heterocycles. The lowest BCUT2D eigenvalue weighted by Gasteiger charge is -2.15. The molecule has 82 valence electrons. The molecule has 0 aromatic heterocycles. The van der Waals surface area contributed by atoms with Crippen LogP contribution < -0.4 is 5.73 Å². The van der Waals surface area contributed by atoms with E-state index in [2.05, 4.69) is 15.9 Å². The molecule has 0 bridgehead atoms. The Balaban J connectivity index is 2.96. The van der Waals surface area contributed by atoms with Crippen LogP contribution in [0.2, 0.25) is 0 Å². The second-order valence-corrected chi connectivity index (χ2v) is 3.82. The zero-order chi connectivity index (χ0) is 11.6. The smallest absolute Gasteiger partial charge is 0.249 e. The minimum Gasteiger partial charge on any atom is -0.385 e. The molecule has 0 saturated heterocycles. The second-order valence-electron chi connectivity index (χ2n) is 2.97. The number of hydrogen-bond donors (Lipinski definition) is 3. The maximum Gasteiger partial charge on any atom is 0.249 e. The number of aliphatic hydroxyl groups is 2. The van der Waals surface area contributed by atoms with E-state index in [4.69, 9.17) is 10.8 Å². The molecule has 6 heteroatoms. The lowest BCUT2D eigenvalue weighted by Crippen LogP contribution is -2.33. The van der Waals surface area contributed by atoms with Gasteiger partial charge in [0.15, 0.2) is 6.10 Å². The topological polar surface area (TPSA) is 83.6 Å². The Morgan fingerprint density at radius 3 is 2.53 bits per heavy atom. The fourth-order valence-electron chi connectivity index (χ4n) is 1.03. The molecular weight excluding hydrogens is 269 g/mol. The van der Waals surface area contributed by atoms with Crippen LogP contribution in [0.15, 0.2) is 22.7 Å². The van der Waals surface area contributed by atoms with Gasteiger partial charge in [-0.05, 0) is 33.6 Å². The van der Waals surface area contributed by atoms with Crippen molar-refractivity contribution in [1.82, 2.24) is 0 Å². The van der Waals surface area contributed by atoms with Crippen molar-refractivity contribution in [3.63, 3.8) is 0 Å². The minimum atomic E-state index is -1.74. The average molecular weight is 278 g/mol. The van der Waals surface area contributed by atoms with Crippen molar-refractivity contribution in [1.29, 1.82) is 0 Å². The summed E-state index contributed by atoms with van der Waals surface area (Å²) in [5.74, 6) is -1.66. The molecule has 1 aromatic rings. The molecule has 15 heavy (non-hydrogen) atoms. The maximum absolute atomic E-state index is 13.0. The zero-order valence-electron chi connectivity index (χ0n) is 7.52. The van der Waals surface area contributed by atoms with Crippen LogP contribution in [0.3, 0.4) is 0 Å². The number of halogens is 2. The first-order valence-electron chi connectivity index (χ1n) is 4.04. The lowest BCUT2D eigenvalue weighted by atomic mass is 10.0. The molecule has 0 saturated carbocycles. The van der Waals surface area contributed by atoms with E-state index in [1.54, 1.807) is 0 Å². The molecule has 1 amide bonds. The molecule has 4 nitrogen and oxygen atoms in total. The first-order chi connectivity index (χ1) is 6.93. The van der Waals surface area contributed by atoms with Crippen LogP contribution in [0, 0.1) is 5.82 Å². The number of primary amides is 1. The SMILES string of the molecule is NC(=O)C(O)C(O)c1ccc(Br)c(F)c1. The Hall–Kier alpha value is -0.980. The van der Waals surface area contributed by atoms with Gasteiger partial charge in [-0.1, -0.05) is 6.07 Å². The summed E-state index contributed by atoms with van der Waals surface area (Å²) in [6.45, 7) is 0. The predicted octanol–water partition coefficient (Wildman–Crippen LogP) is 0.468. The number of aliphatic hydroxyl groups excluding tert-OH is 2. The van der Waals surface area contributed by atoms with Gasteiger partial charge in [0.05, 0.1) is 4.47 Å². The highest BCUT2D eigenvalue weighted by Gasteiger charge is 2.23. The average Bonchev–Trinajstić information content (AvgIpc) is 2.19. The number of carbonyl (C=O) groups is 1. The summed E-state index contributed by atoms with van der Waals surface area (Å²) in [7, 11) is 0. The first-order valence-corrected chi connectivity index (χ1v) is 4.83. The summed E-state index contributed by atoms with van der Waals surface area (Å²) in [6, 6.07) is 3.76. The summed E-state index contributed by atoms with van der Waals surface area (Å²) in [4.78, 5) is 10.6. The van der Waals surface area contributed by atoms with Gasteiger partial charge in [-0.25, -0.2) is 4.39 Å². The second kappa shape index (κ2) is 4.69. The molecule has 2 unspecified atom stereocenters. The zero-order valence-corrected chi connectivity index (χ0v) is 9.11. The molecule has 0 spiro atoms. The molecule has 0 aliphatic carbocycles. The van der Waals surface area contributed by atoms with E-state index < -0.39 is 23.9 Å². The predicted molar refractivity (Wildman–Crippen MR) is 54.3 cm³/mol. The van der Waals surface area contributed by atoms with Crippen LogP contribution in [0.1, 0.15) is 11.7 Å². The number of carbonyl (C=O) groups excluding carboxylic acids is 1. The van der Waals surface area contributed by atoms with Crippen LogP contribution in [0.5, 0.6) is 0 Å². The van der Waals surface area contributed by atoms with Crippen molar-refractivity contribution in [2.24, 2.45) is 5.73 Å². The maximum atomic E-state index is 13.0. The molecular formula is C9H9BrFNO3. The molecule has 0 fully saturated rings. The van der Waals surface area contributed by atoms with Crippen molar-refractivity contribution in [2.75, 3.05) is 0 Å². The fraction of sp³-hybridized carbons (Fsp3) is 0.222.